The van der Waals surface area contributed by atoms with Crippen LogP contribution in [0.4, 0.5) is 11.4 Å². The fourth-order valence-corrected chi connectivity index (χ4v) is 7.15. The summed E-state index contributed by atoms with van der Waals surface area (Å²) in [5.41, 5.74) is 1.41. The molecule has 0 aliphatic carbocycles. The van der Waals surface area contributed by atoms with Crippen molar-refractivity contribution in [3.8, 4) is 0 Å². The van der Waals surface area contributed by atoms with Crippen molar-refractivity contribution in [2.45, 2.75) is 36.7 Å². The molecule has 3 amide bonds. The van der Waals surface area contributed by atoms with Crippen molar-refractivity contribution in [1.82, 2.24) is 14.1 Å². The van der Waals surface area contributed by atoms with E-state index in [0.717, 1.165) is 11.3 Å². The molecule has 0 aromatic heterocycles. The van der Waals surface area contributed by atoms with Crippen molar-refractivity contribution in [3.05, 3.63) is 90.5 Å². The first-order valence-electron chi connectivity index (χ1n) is 13.9. The van der Waals surface area contributed by atoms with Crippen LogP contribution in [0, 0.1) is 0 Å². The molecule has 3 aromatic carbocycles. The van der Waals surface area contributed by atoms with Gasteiger partial charge in [0.2, 0.25) is 27.7 Å². The van der Waals surface area contributed by atoms with Crippen LogP contribution >= 0.6 is 0 Å². The predicted molar refractivity (Wildman–Crippen MR) is 160 cm³/mol. The maximum absolute atomic E-state index is 14.0. The first-order chi connectivity index (χ1) is 20.1. The summed E-state index contributed by atoms with van der Waals surface area (Å²) < 4.78 is 28.3. The van der Waals surface area contributed by atoms with E-state index in [1.807, 2.05) is 65.6 Å². The van der Waals surface area contributed by atoms with Crippen LogP contribution in [-0.4, -0.2) is 79.1 Å². The second-order valence-electron chi connectivity index (χ2n) is 10.8. The van der Waals surface area contributed by atoms with E-state index in [2.05, 4.69) is 5.32 Å². The second kappa shape index (κ2) is 11.9. The normalized spacial score (nSPS) is 17.0. The molecule has 5 rings (SSSR count). The molecule has 2 aliphatic heterocycles. The summed E-state index contributed by atoms with van der Waals surface area (Å²) in [5.74, 6) is -0.570. The standard InChI is InChI=1S/C31H35N5O5S/c1-24(37)32-26-13-15-28(16-14-26)42(40,41)35-19-17-31(18-20-35)30(39)34(23-36(31)27-11-7-4-8-12-27)22-29(38)33(2)21-25-9-5-3-6-10-25/h3-16H,17-23H2,1-2H3,(H,32,37). The Kier molecular flexibility index (Phi) is 8.33. The largest absolute Gasteiger partial charge is 0.340 e. The zero-order valence-corrected chi connectivity index (χ0v) is 24.6. The topological polar surface area (TPSA) is 110 Å². The number of nitrogens with zero attached hydrogens (tertiary/aromatic N) is 4. The highest BCUT2D eigenvalue weighted by Gasteiger charge is 2.55. The van der Waals surface area contributed by atoms with Gasteiger partial charge in [-0.3, -0.25) is 14.4 Å². The molecule has 42 heavy (non-hydrogen) atoms. The van der Waals surface area contributed by atoms with Crippen LogP contribution in [0.25, 0.3) is 0 Å². The Balaban J connectivity index is 1.33. The predicted octanol–water partition coefficient (Wildman–Crippen LogP) is 3.13. The smallest absolute Gasteiger partial charge is 0.250 e. The van der Waals surface area contributed by atoms with Crippen LogP contribution in [0.1, 0.15) is 25.3 Å². The summed E-state index contributed by atoms with van der Waals surface area (Å²) in [6.45, 7) is 2.31. The second-order valence-corrected chi connectivity index (χ2v) is 12.7. The van der Waals surface area contributed by atoms with E-state index in [4.69, 9.17) is 0 Å². The van der Waals surface area contributed by atoms with E-state index >= 15 is 0 Å². The number of hydrogen-bond donors (Lipinski definition) is 1. The minimum atomic E-state index is -3.81. The van der Waals surface area contributed by atoms with Gasteiger partial charge in [-0.15, -0.1) is 0 Å². The quantitative estimate of drug-likeness (QED) is 0.433. The minimum Gasteiger partial charge on any atom is -0.340 e. The van der Waals surface area contributed by atoms with Crippen LogP contribution in [0.2, 0.25) is 0 Å². The number of hydrogen-bond acceptors (Lipinski definition) is 6. The van der Waals surface area contributed by atoms with Gasteiger partial charge in [-0.25, -0.2) is 8.42 Å². The maximum Gasteiger partial charge on any atom is 0.250 e. The molecule has 0 radical (unpaired) electrons. The molecule has 0 atom stereocenters. The lowest BCUT2D eigenvalue weighted by atomic mass is 9.86. The summed E-state index contributed by atoms with van der Waals surface area (Å²) >= 11 is 0. The van der Waals surface area contributed by atoms with Crippen LogP contribution in [0.3, 0.4) is 0 Å². The van der Waals surface area contributed by atoms with Gasteiger partial charge in [0.15, 0.2) is 0 Å². The lowest BCUT2D eigenvalue weighted by Crippen LogP contribution is -2.57. The monoisotopic (exact) mass is 589 g/mol. The van der Waals surface area contributed by atoms with Crippen molar-refractivity contribution in [2.24, 2.45) is 0 Å². The number of nitrogens with one attached hydrogen (secondary N) is 1. The molecule has 0 saturated carbocycles. The Morgan fingerprint density at radius 3 is 2.10 bits per heavy atom. The SMILES string of the molecule is CC(=O)Nc1ccc(S(=O)(=O)N2CCC3(CC2)C(=O)N(CC(=O)N(C)Cc2ccccc2)CN3c2ccccc2)cc1. The molecule has 3 aromatic rings. The molecular formula is C31H35N5O5S. The summed E-state index contributed by atoms with van der Waals surface area (Å²) in [6, 6.07) is 25.3. The summed E-state index contributed by atoms with van der Waals surface area (Å²) in [5, 5.41) is 2.64. The van der Waals surface area contributed by atoms with Gasteiger partial charge < -0.3 is 20.0 Å². The molecule has 2 saturated heterocycles. The third-order valence-electron chi connectivity index (χ3n) is 7.96. The van der Waals surface area contributed by atoms with Gasteiger partial charge in [0.05, 0.1) is 11.6 Å². The van der Waals surface area contributed by atoms with Crippen molar-refractivity contribution in [2.75, 3.05) is 43.6 Å². The van der Waals surface area contributed by atoms with Crippen molar-refractivity contribution >= 4 is 39.1 Å². The van der Waals surface area contributed by atoms with Crippen LogP contribution < -0.4 is 10.2 Å². The fraction of sp³-hybridized carbons (Fsp3) is 0.323. The zero-order valence-electron chi connectivity index (χ0n) is 23.8. The Labute approximate surface area is 246 Å². The average molecular weight is 590 g/mol. The fourth-order valence-electron chi connectivity index (χ4n) is 5.71. The molecule has 10 nitrogen and oxygen atoms in total. The van der Waals surface area contributed by atoms with E-state index < -0.39 is 15.6 Å². The van der Waals surface area contributed by atoms with Crippen molar-refractivity contribution in [1.29, 1.82) is 0 Å². The first kappa shape index (κ1) is 29.3. The van der Waals surface area contributed by atoms with E-state index in [0.29, 0.717) is 12.2 Å². The third kappa shape index (κ3) is 5.88. The molecule has 2 fully saturated rings. The highest BCUT2D eigenvalue weighted by atomic mass is 32.2. The Bertz CT molecular complexity index is 1540. The molecule has 220 valence electrons. The Morgan fingerprint density at radius 2 is 1.50 bits per heavy atom. The number of carbonyl (C=O) groups excluding carboxylic acids is 3. The number of carbonyl (C=O) groups is 3. The molecule has 1 N–H and O–H groups in total. The van der Waals surface area contributed by atoms with E-state index in [1.165, 1.54) is 23.4 Å². The number of piperidine rings is 1. The molecule has 2 aliphatic rings. The van der Waals surface area contributed by atoms with E-state index in [9.17, 15) is 22.8 Å². The van der Waals surface area contributed by atoms with Gasteiger partial charge in [0.1, 0.15) is 12.1 Å². The minimum absolute atomic E-state index is 0.0596. The molecule has 0 unspecified atom stereocenters. The molecule has 2 heterocycles. The van der Waals surface area contributed by atoms with E-state index in [-0.39, 0.29) is 61.8 Å². The molecule has 0 bridgehead atoms. The van der Waals surface area contributed by atoms with Gasteiger partial charge in [-0.1, -0.05) is 48.5 Å². The van der Waals surface area contributed by atoms with Gasteiger partial charge in [-0.05, 0) is 54.8 Å². The number of sulfonamides is 1. The molecule has 1 spiro atoms. The van der Waals surface area contributed by atoms with Gasteiger partial charge in [0, 0.05) is 45.0 Å². The lowest BCUT2D eigenvalue weighted by Gasteiger charge is -2.42. The number of amides is 3. The van der Waals surface area contributed by atoms with Crippen molar-refractivity contribution < 1.29 is 22.8 Å². The van der Waals surface area contributed by atoms with Gasteiger partial charge >= 0.3 is 0 Å². The first-order valence-corrected chi connectivity index (χ1v) is 15.3. The number of para-hydroxylation sites is 1. The average Bonchev–Trinajstić information content (AvgIpc) is 3.24. The van der Waals surface area contributed by atoms with Crippen LogP contribution in [0.5, 0.6) is 0 Å². The van der Waals surface area contributed by atoms with Crippen LogP contribution in [0.15, 0.2) is 89.8 Å². The maximum atomic E-state index is 14.0. The Morgan fingerprint density at radius 1 is 0.905 bits per heavy atom. The molecular weight excluding hydrogens is 554 g/mol. The number of likely N-dealkylation sites (N-methyl/N-ethyl adjacent to an activating group) is 1. The highest BCUT2D eigenvalue weighted by molar-refractivity contribution is 7.89. The summed E-state index contributed by atoms with van der Waals surface area (Å²) in [6.07, 6.45) is 0.572. The van der Waals surface area contributed by atoms with Gasteiger partial charge in [0.25, 0.3) is 0 Å². The Hall–Kier alpha value is -4.22. The van der Waals surface area contributed by atoms with Gasteiger partial charge in [-0.2, -0.15) is 4.31 Å². The lowest BCUT2D eigenvalue weighted by molar-refractivity contribution is -0.140. The number of rotatable bonds is 8. The summed E-state index contributed by atoms with van der Waals surface area (Å²) in [4.78, 5) is 43.9. The number of anilines is 2. The van der Waals surface area contributed by atoms with Crippen molar-refractivity contribution in [3.63, 3.8) is 0 Å². The zero-order chi connectivity index (χ0) is 29.9. The molecule has 11 heteroatoms. The van der Waals surface area contributed by atoms with Crippen LogP contribution in [-0.2, 0) is 31.0 Å². The summed E-state index contributed by atoms with van der Waals surface area (Å²) in [7, 11) is -2.08. The highest BCUT2D eigenvalue weighted by Crippen LogP contribution is 2.40. The third-order valence-corrected chi connectivity index (χ3v) is 9.87. The van der Waals surface area contributed by atoms with E-state index in [1.54, 1.807) is 29.0 Å². The number of benzene rings is 3.